The second kappa shape index (κ2) is 13.1. The molecule has 3 rings (SSSR count). The molecule has 0 saturated carbocycles. The summed E-state index contributed by atoms with van der Waals surface area (Å²) in [6.45, 7) is 0. The van der Waals surface area contributed by atoms with Crippen LogP contribution in [0.25, 0.3) is 0 Å². The van der Waals surface area contributed by atoms with Gasteiger partial charge in [0.25, 0.3) is 0 Å². The van der Waals surface area contributed by atoms with Crippen LogP contribution in [0.1, 0.15) is 0 Å². The van der Waals surface area contributed by atoms with E-state index in [9.17, 15) is 8.78 Å². The summed E-state index contributed by atoms with van der Waals surface area (Å²) >= 11 is 0. The average Bonchev–Trinajstić information content (AvgIpc) is 2.74. The number of rotatable bonds is 5. The molecule has 0 aromatic heterocycles. The third-order valence-electron chi connectivity index (χ3n) is 3.10. The van der Waals surface area contributed by atoms with E-state index in [1.165, 1.54) is 0 Å². The SMILES string of the molecule is COc1ccccc1.O=S(=O)(O)C(F)F.c1ccc(NNc2ccccc2)cc1. The Balaban J connectivity index is 0.000000240. The van der Waals surface area contributed by atoms with Gasteiger partial charge in [-0.2, -0.15) is 17.2 Å². The number of para-hydroxylation sites is 3. The number of hydrogen-bond acceptors (Lipinski definition) is 5. The second-order valence-electron chi connectivity index (χ2n) is 5.27. The van der Waals surface area contributed by atoms with Crippen molar-refractivity contribution >= 4 is 21.5 Å². The summed E-state index contributed by atoms with van der Waals surface area (Å²) in [5, 5.41) is 0. The van der Waals surface area contributed by atoms with Gasteiger partial charge >= 0.3 is 15.9 Å². The number of anilines is 2. The van der Waals surface area contributed by atoms with Crippen LogP contribution in [0.4, 0.5) is 20.2 Å². The summed E-state index contributed by atoms with van der Waals surface area (Å²) in [7, 11) is -3.41. The van der Waals surface area contributed by atoms with E-state index in [0.29, 0.717) is 0 Å². The van der Waals surface area contributed by atoms with Gasteiger partial charge in [-0.1, -0.05) is 54.6 Å². The Morgan fingerprint density at radius 2 is 1.07 bits per heavy atom. The Hall–Kier alpha value is -3.17. The third-order valence-corrected chi connectivity index (χ3v) is 3.55. The molecule has 0 amide bonds. The number of alkyl halides is 2. The summed E-state index contributed by atoms with van der Waals surface area (Å²) in [6, 6.07) is 29.7. The van der Waals surface area contributed by atoms with Crippen molar-refractivity contribution in [3.8, 4) is 5.75 Å². The number of nitrogens with one attached hydrogen (secondary N) is 2. The maximum atomic E-state index is 10.7. The highest BCUT2D eigenvalue weighted by atomic mass is 32.2. The Morgan fingerprint density at radius 1 is 0.759 bits per heavy atom. The van der Waals surface area contributed by atoms with Crippen LogP contribution >= 0.6 is 0 Å². The quantitative estimate of drug-likeness (QED) is 0.398. The minimum absolute atomic E-state index is 0.910. The molecular formula is C20H22F2N2O4S. The minimum atomic E-state index is -5.07. The topological polar surface area (TPSA) is 87.7 Å². The van der Waals surface area contributed by atoms with Crippen molar-refractivity contribution in [3.63, 3.8) is 0 Å². The molecular weight excluding hydrogens is 402 g/mol. The summed E-state index contributed by atoms with van der Waals surface area (Å²) in [6.07, 6.45) is 0. The normalized spacial score (nSPS) is 9.97. The molecule has 6 nitrogen and oxygen atoms in total. The molecule has 0 bridgehead atoms. The Kier molecular flexibility index (Phi) is 10.8. The molecule has 0 atom stereocenters. The number of benzene rings is 3. The molecule has 3 aromatic carbocycles. The molecule has 0 radical (unpaired) electrons. The minimum Gasteiger partial charge on any atom is -0.497 e. The smallest absolute Gasteiger partial charge is 0.361 e. The first kappa shape index (κ1) is 23.9. The van der Waals surface area contributed by atoms with E-state index >= 15 is 0 Å². The van der Waals surface area contributed by atoms with Crippen molar-refractivity contribution in [1.29, 1.82) is 0 Å². The molecule has 0 aliphatic rings. The lowest BCUT2D eigenvalue weighted by Crippen LogP contribution is -2.07. The molecule has 156 valence electrons. The lowest BCUT2D eigenvalue weighted by Gasteiger charge is -2.08. The average molecular weight is 424 g/mol. The van der Waals surface area contributed by atoms with Crippen molar-refractivity contribution in [1.82, 2.24) is 0 Å². The van der Waals surface area contributed by atoms with Crippen LogP contribution in [0.15, 0.2) is 91.0 Å². The fraction of sp³-hybridized carbons (Fsp3) is 0.100. The Labute approximate surface area is 168 Å². The predicted molar refractivity (Wildman–Crippen MR) is 111 cm³/mol. The summed E-state index contributed by atoms with van der Waals surface area (Å²) in [4.78, 5) is 0. The van der Waals surface area contributed by atoms with Crippen LogP contribution in [0.5, 0.6) is 5.75 Å². The maximum Gasteiger partial charge on any atom is 0.361 e. The highest BCUT2D eigenvalue weighted by Gasteiger charge is 2.18. The van der Waals surface area contributed by atoms with Crippen LogP contribution in [-0.2, 0) is 10.1 Å². The zero-order valence-corrected chi connectivity index (χ0v) is 16.4. The van der Waals surface area contributed by atoms with Gasteiger partial charge in [-0.3, -0.25) is 4.55 Å². The Bertz CT molecular complexity index is 858. The first-order valence-electron chi connectivity index (χ1n) is 8.28. The molecule has 0 fully saturated rings. The zero-order valence-electron chi connectivity index (χ0n) is 15.6. The molecule has 0 saturated heterocycles. The van der Waals surface area contributed by atoms with E-state index in [1.807, 2.05) is 91.0 Å². The first-order valence-corrected chi connectivity index (χ1v) is 9.79. The van der Waals surface area contributed by atoms with Crippen molar-refractivity contribution in [2.75, 3.05) is 18.0 Å². The molecule has 0 aliphatic carbocycles. The van der Waals surface area contributed by atoms with Crippen molar-refractivity contribution in [2.24, 2.45) is 0 Å². The van der Waals surface area contributed by atoms with Gasteiger partial charge in [0.1, 0.15) is 5.75 Å². The van der Waals surface area contributed by atoms with Crippen LogP contribution in [0.2, 0.25) is 0 Å². The number of methoxy groups -OCH3 is 1. The molecule has 0 unspecified atom stereocenters. The lowest BCUT2D eigenvalue weighted by atomic mass is 10.3. The largest absolute Gasteiger partial charge is 0.497 e. The van der Waals surface area contributed by atoms with Gasteiger partial charge < -0.3 is 15.6 Å². The zero-order chi connectivity index (χ0) is 21.5. The van der Waals surface area contributed by atoms with Crippen molar-refractivity contribution in [2.45, 2.75) is 5.76 Å². The Morgan fingerprint density at radius 3 is 1.31 bits per heavy atom. The van der Waals surface area contributed by atoms with Gasteiger partial charge in [0.2, 0.25) is 0 Å². The number of hydrogen-bond donors (Lipinski definition) is 3. The van der Waals surface area contributed by atoms with E-state index in [-0.39, 0.29) is 0 Å². The third kappa shape index (κ3) is 11.3. The van der Waals surface area contributed by atoms with E-state index in [4.69, 9.17) is 17.7 Å². The fourth-order valence-electron chi connectivity index (χ4n) is 1.74. The van der Waals surface area contributed by atoms with Crippen molar-refractivity contribution < 1.29 is 26.5 Å². The maximum absolute atomic E-state index is 10.7. The fourth-order valence-corrected chi connectivity index (χ4v) is 1.74. The number of ether oxygens (including phenoxy) is 1. The standard InChI is InChI=1S/C12H12N2.C7H8O.CH2F2O3S/c1-3-7-11(8-4-1)13-14-12-9-5-2-6-10-12;1-8-7-5-3-2-4-6-7;2-1(3)7(4,5)6/h1-10,13-14H;2-6H,1H3;1H,(H,4,5,6). The van der Waals surface area contributed by atoms with Gasteiger partial charge in [-0.25, -0.2) is 0 Å². The molecule has 9 heteroatoms. The molecule has 0 spiro atoms. The summed E-state index contributed by atoms with van der Waals surface area (Å²) in [5.74, 6) is -2.76. The first-order chi connectivity index (χ1) is 13.8. The van der Waals surface area contributed by atoms with Gasteiger partial charge in [0.15, 0.2) is 0 Å². The predicted octanol–water partition coefficient (Wildman–Crippen LogP) is 4.92. The molecule has 3 N–H and O–H groups in total. The lowest BCUT2D eigenvalue weighted by molar-refractivity contribution is 0.217. The molecule has 3 aromatic rings. The van der Waals surface area contributed by atoms with E-state index in [1.54, 1.807) is 7.11 Å². The van der Waals surface area contributed by atoms with Gasteiger partial charge in [-0.15, -0.1) is 0 Å². The van der Waals surface area contributed by atoms with E-state index in [0.717, 1.165) is 17.1 Å². The van der Waals surface area contributed by atoms with Gasteiger partial charge in [0.05, 0.1) is 18.5 Å². The van der Waals surface area contributed by atoms with E-state index < -0.39 is 15.9 Å². The van der Waals surface area contributed by atoms with Crippen LogP contribution < -0.4 is 15.6 Å². The van der Waals surface area contributed by atoms with Crippen molar-refractivity contribution in [3.05, 3.63) is 91.0 Å². The van der Waals surface area contributed by atoms with Gasteiger partial charge in [0, 0.05) is 0 Å². The number of hydrazine groups is 1. The van der Waals surface area contributed by atoms with Crippen LogP contribution in [0, 0.1) is 0 Å². The van der Waals surface area contributed by atoms with E-state index in [2.05, 4.69) is 10.9 Å². The second-order valence-corrected chi connectivity index (χ2v) is 6.66. The highest BCUT2D eigenvalue weighted by molar-refractivity contribution is 7.86. The molecule has 0 heterocycles. The molecule has 0 aliphatic heterocycles. The van der Waals surface area contributed by atoms with Crippen LogP contribution in [0.3, 0.4) is 0 Å². The molecule has 29 heavy (non-hydrogen) atoms. The summed E-state index contributed by atoms with van der Waals surface area (Å²) < 4.78 is 51.9. The monoisotopic (exact) mass is 424 g/mol. The van der Waals surface area contributed by atoms with Crippen LogP contribution in [-0.4, -0.2) is 25.8 Å². The van der Waals surface area contributed by atoms with Gasteiger partial charge in [-0.05, 0) is 36.4 Å². The highest BCUT2D eigenvalue weighted by Crippen LogP contribution is 2.08. The summed E-state index contributed by atoms with van der Waals surface area (Å²) in [5.41, 5.74) is 8.33. The number of halogens is 2.